The van der Waals surface area contributed by atoms with Crippen LogP contribution < -0.4 is 5.32 Å². The van der Waals surface area contributed by atoms with Crippen LogP contribution in [0.15, 0.2) is 33.6 Å². The molecule has 0 radical (unpaired) electrons. The van der Waals surface area contributed by atoms with Gasteiger partial charge in [-0.15, -0.1) is 4.40 Å². The second-order valence-corrected chi connectivity index (χ2v) is 10.5. The number of carbonyl (C=O) groups excluding carboxylic acids is 2. The van der Waals surface area contributed by atoms with E-state index in [0.717, 1.165) is 0 Å². The molecule has 0 aliphatic carbocycles. The van der Waals surface area contributed by atoms with Gasteiger partial charge in [0.15, 0.2) is 11.7 Å². The first kappa shape index (κ1) is 20.5. The van der Waals surface area contributed by atoms with Crippen molar-refractivity contribution in [1.82, 2.24) is 4.90 Å². The lowest BCUT2D eigenvalue weighted by atomic mass is 9.82. The summed E-state index contributed by atoms with van der Waals surface area (Å²) in [6.45, 7) is 11.6. The lowest BCUT2D eigenvalue weighted by molar-refractivity contribution is -0.135. The molecule has 28 heavy (non-hydrogen) atoms. The van der Waals surface area contributed by atoms with Crippen molar-refractivity contribution >= 4 is 33.2 Å². The molecule has 2 unspecified atom stereocenters. The number of amides is 1. The fraction of sp³-hybridized carbons (Fsp3) is 0.550. The molecule has 2 aliphatic heterocycles. The molecule has 1 saturated heterocycles. The molecule has 1 aromatic carbocycles. The molecule has 2 aliphatic rings. The first-order chi connectivity index (χ1) is 12.9. The molecule has 0 bridgehead atoms. The van der Waals surface area contributed by atoms with E-state index in [4.69, 9.17) is 0 Å². The van der Waals surface area contributed by atoms with Crippen LogP contribution in [0.3, 0.4) is 0 Å². The Hall–Kier alpha value is -2.22. The van der Waals surface area contributed by atoms with E-state index in [1.165, 1.54) is 6.07 Å². The first-order valence-electron chi connectivity index (χ1n) is 9.43. The quantitative estimate of drug-likeness (QED) is 0.780. The van der Waals surface area contributed by atoms with E-state index >= 15 is 0 Å². The molecular weight excluding hydrogens is 378 g/mol. The average molecular weight is 406 g/mol. The average Bonchev–Trinajstić information content (AvgIpc) is 2.84. The number of amidine groups is 1. The van der Waals surface area contributed by atoms with Gasteiger partial charge in [0.05, 0.1) is 11.7 Å². The smallest absolute Gasteiger partial charge is 0.286 e. The molecular formula is C20H27N3O4S. The number of nitrogens with one attached hydrogen (secondary N) is 1. The molecule has 8 heteroatoms. The van der Waals surface area contributed by atoms with Crippen molar-refractivity contribution in [2.45, 2.75) is 58.5 Å². The minimum Gasteiger partial charge on any atom is -0.341 e. The molecule has 3 atom stereocenters. The van der Waals surface area contributed by atoms with E-state index in [2.05, 4.69) is 9.71 Å². The van der Waals surface area contributed by atoms with Crippen molar-refractivity contribution in [3.8, 4) is 0 Å². The molecule has 1 N–H and O–H groups in total. The number of ketones is 1. The Kier molecular flexibility index (Phi) is 4.90. The van der Waals surface area contributed by atoms with Gasteiger partial charge in [-0.25, -0.2) is 0 Å². The SMILES string of the molecule is CC(C)C(C)N1C(=O)C(C2=NS(=O)(=O)c3ccccc3N2)C(=O)[C@@H]1C(C)(C)C. The Labute approximate surface area is 166 Å². The topological polar surface area (TPSA) is 95.9 Å². The summed E-state index contributed by atoms with van der Waals surface area (Å²) in [5, 5.41) is 2.92. The Balaban J connectivity index is 2.09. The summed E-state index contributed by atoms with van der Waals surface area (Å²) >= 11 is 0. The number of benzene rings is 1. The van der Waals surface area contributed by atoms with E-state index < -0.39 is 33.3 Å². The number of Topliss-reactive ketones (excluding diaryl/α,β-unsaturated/α-hetero) is 1. The van der Waals surface area contributed by atoms with Crippen LogP contribution in [0.5, 0.6) is 0 Å². The Morgan fingerprint density at radius 3 is 2.29 bits per heavy atom. The minimum absolute atomic E-state index is 0.0384. The van der Waals surface area contributed by atoms with E-state index in [1.54, 1.807) is 23.1 Å². The molecule has 3 rings (SSSR count). The summed E-state index contributed by atoms with van der Waals surface area (Å²) in [6.07, 6.45) is 0. The van der Waals surface area contributed by atoms with E-state index in [-0.39, 0.29) is 28.5 Å². The van der Waals surface area contributed by atoms with Gasteiger partial charge in [-0.05, 0) is 30.4 Å². The number of carbonyl (C=O) groups is 2. The monoisotopic (exact) mass is 405 g/mol. The number of hydrogen-bond donors (Lipinski definition) is 1. The van der Waals surface area contributed by atoms with Gasteiger partial charge in [0.2, 0.25) is 5.91 Å². The summed E-state index contributed by atoms with van der Waals surface area (Å²) in [7, 11) is -3.98. The van der Waals surface area contributed by atoms with Crippen molar-refractivity contribution in [3.63, 3.8) is 0 Å². The van der Waals surface area contributed by atoms with Crippen LogP contribution in [-0.4, -0.2) is 42.9 Å². The number of rotatable bonds is 3. The van der Waals surface area contributed by atoms with Crippen LogP contribution in [0.2, 0.25) is 0 Å². The van der Waals surface area contributed by atoms with Crippen molar-refractivity contribution in [3.05, 3.63) is 24.3 Å². The largest absolute Gasteiger partial charge is 0.341 e. The normalized spacial score (nSPS) is 25.4. The number of likely N-dealkylation sites (tertiary alicyclic amines) is 1. The van der Waals surface area contributed by atoms with Gasteiger partial charge < -0.3 is 10.2 Å². The minimum atomic E-state index is -3.98. The van der Waals surface area contributed by atoms with E-state index in [9.17, 15) is 18.0 Å². The Bertz CT molecular complexity index is 960. The van der Waals surface area contributed by atoms with Gasteiger partial charge in [-0.2, -0.15) is 8.42 Å². The molecule has 1 amide bonds. The third-order valence-electron chi connectivity index (χ3n) is 5.48. The lowest BCUT2D eigenvalue weighted by Crippen LogP contribution is -2.50. The molecule has 152 valence electrons. The van der Waals surface area contributed by atoms with Gasteiger partial charge in [0.25, 0.3) is 10.0 Å². The van der Waals surface area contributed by atoms with Gasteiger partial charge in [-0.1, -0.05) is 46.8 Å². The number of nitrogens with zero attached hydrogens (tertiary/aromatic N) is 2. The van der Waals surface area contributed by atoms with E-state index in [1.807, 2.05) is 41.5 Å². The maximum atomic E-state index is 13.3. The van der Waals surface area contributed by atoms with Crippen LogP contribution >= 0.6 is 0 Å². The molecule has 0 aromatic heterocycles. The van der Waals surface area contributed by atoms with Crippen molar-refractivity contribution in [1.29, 1.82) is 0 Å². The number of para-hydroxylation sites is 1. The van der Waals surface area contributed by atoms with E-state index in [0.29, 0.717) is 5.69 Å². The maximum absolute atomic E-state index is 13.3. The highest BCUT2D eigenvalue weighted by Gasteiger charge is 2.56. The second-order valence-electron chi connectivity index (χ2n) is 8.91. The first-order valence-corrected chi connectivity index (χ1v) is 10.9. The highest BCUT2D eigenvalue weighted by atomic mass is 32.2. The fourth-order valence-electron chi connectivity index (χ4n) is 3.80. The Morgan fingerprint density at radius 2 is 1.71 bits per heavy atom. The highest BCUT2D eigenvalue weighted by Crippen LogP contribution is 2.39. The van der Waals surface area contributed by atoms with Crippen LogP contribution in [0.1, 0.15) is 41.5 Å². The molecule has 2 heterocycles. The fourth-order valence-corrected chi connectivity index (χ4v) is 4.96. The second kappa shape index (κ2) is 6.69. The standard InChI is InChI=1S/C20H27N3O4S/c1-11(2)12(3)23-17(20(4,5)6)16(24)15(19(23)25)18-21-13-9-7-8-10-14(13)28(26,27)22-18/h7-12,15,17H,1-6H3,(H,21,22)/t12?,15?,17-/m1/s1. The summed E-state index contributed by atoms with van der Waals surface area (Å²) in [5.41, 5.74) is -0.160. The summed E-state index contributed by atoms with van der Waals surface area (Å²) in [6, 6.07) is 5.52. The summed E-state index contributed by atoms with van der Waals surface area (Å²) in [4.78, 5) is 28.3. The van der Waals surface area contributed by atoms with Crippen LogP contribution in [0.25, 0.3) is 0 Å². The van der Waals surface area contributed by atoms with Crippen LogP contribution in [-0.2, 0) is 19.6 Å². The zero-order valence-corrected chi connectivity index (χ0v) is 17.9. The van der Waals surface area contributed by atoms with Crippen molar-refractivity contribution in [2.24, 2.45) is 21.6 Å². The molecule has 0 spiro atoms. The maximum Gasteiger partial charge on any atom is 0.286 e. The van der Waals surface area contributed by atoms with Gasteiger partial charge in [0.1, 0.15) is 10.7 Å². The van der Waals surface area contributed by atoms with Crippen LogP contribution in [0.4, 0.5) is 5.69 Å². The highest BCUT2D eigenvalue weighted by molar-refractivity contribution is 7.90. The number of fused-ring (bicyclic) bond motifs is 1. The zero-order chi connectivity index (χ0) is 21.0. The zero-order valence-electron chi connectivity index (χ0n) is 17.1. The molecule has 1 aromatic rings. The van der Waals surface area contributed by atoms with Gasteiger partial charge in [-0.3, -0.25) is 9.59 Å². The predicted octanol–water partition coefficient (Wildman–Crippen LogP) is 2.69. The summed E-state index contributed by atoms with van der Waals surface area (Å²) in [5.74, 6) is -1.92. The number of hydrogen-bond acceptors (Lipinski definition) is 5. The van der Waals surface area contributed by atoms with Gasteiger partial charge >= 0.3 is 0 Å². The molecule has 0 saturated carbocycles. The Morgan fingerprint density at radius 1 is 1.11 bits per heavy atom. The van der Waals surface area contributed by atoms with Crippen molar-refractivity contribution < 1.29 is 18.0 Å². The van der Waals surface area contributed by atoms with Crippen LogP contribution in [0, 0.1) is 17.3 Å². The lowest BCUT2D eigenvalue weighted by Gasteiger charge is -2.38. The van der Waals surface area contributed by atoms with Gasteiger partial charge in [0, 0.05) is 6.04 Å². The number of anilines is 1. The van der Waals surface area contributed by atoms with Crippen molar-refractivity contribution in [2.75, 3.05) is 5.32 Å². The third kappa shape index (κ3) is 3.23. The third-order valence-corrected chi connectivity index (χ3v) is 6.83. The summed E-state index contributed by atoms with van der Waals surface area (Å²) < 4.78 is 29.0. The number of sulfonamides is 1. The molecule has 7 nitrogen and oxygen atoms in total. The molecule has 1 fully saturated rings. The predicted molar refractivity (Wildman–Crippen MR) is 108 cm³/mol.